The summed E-state index contributed by atoms with van der Waals surface area (Å²) in [7, 11) is 0. The van der Waals surface area contributed by atoms with Gasteiger partial charge in [0.05, 0.1) is 11.9 Å². The topological polar surface area (TPSA) is 88.2 Å². The number of anilines is 2. The summed E-state index contributed by atoms with van der Waals surface area (Å²) in [6, 6.07) is 1.39. The van der Waals surface area contributed by atoms with Gasteiger partial charge in [0.1, 0.15) is 11.4 Å². The largest absolute Gasteiger partial charge is 0.478 e. The zero-order chi connectivity index (χ0) is 11.6. The Morgan fingerprint density at radius 2 is 2.13 bits per heavy atom. The third-order valence-corrected chi connectivity index (χ3v) is 1.63. The Kier molecular flexibility index (Phi) is 2.83. The van der Waals surface area contributed by atoms with Crippen LogP contribution < -0.4 is 11.1 Å². The van der Waals surface area contributed by atoms with Crippen LogP contribution in [-0.4, -0.2) is 21.6 Å². The number of nitrogens with zero attached hydrogens (tertiary/aromatic N) is 1. The van der Waals surface area contributed by atoms with Gasteiger partial charge in [0.2, 0.25) is 0 Å². The highest BCUT2D eigenvalue weighted by Gasteiger charge is 2.17. The van der Waals surface area contributed by atoms with Crippen molar-refractivity contribution in [3.05, 3.63) is 17.8 Å². The summed E-state index contributed by atoms with van der Waals surface area (Å²) >= 11 is 0. The summed E-state index contributed by atoms with van der Waals surface area (Å²) in [4.78, 5) is 14.9. The van der Waals surface area contributed by atoms with Crippen LogP contribution in [0.3, 0.4) is 0 Å². The van der Waals surface area contributed by atoms with Crippen molar-refractivity contribution in [1.82, 2.24) is 4.98 Å². The van der Waals surface area contributed by atoms with E-state index in [1.807, 2.05) is 20.8 Å². The standard InChI is InChI=1S/C10H15N3O2/c1-10(2,3)13-8-7(9(14)15)4-6(11)5-12-8/h4-5H,11H2,1-3H3,(H,12,13)(H,14,15). The molecule has 1 heterocycles. The molecule has 5 nitrogen and oxygen atoms in total. The van der Waals surface area contributed by atoms with Crippen molar-refractivity contribution in [2.75, 3.05) is 11.1 Å². The molecular weight excluding hydrogens is 194 g/mol. The monoisotopic (exact) mass is 209 g/mol. The second kappa shape index (κ2) is 3.76. The van der Waals surface area contributed by atoms with Crippen molar-refractivity contribution in [3.8, 4) is 0 Å². The Morgan fingerprint density at radius 1 is 1.53 bits per heavy atom. The van der Waals surface area contributed by atoms with Gasteiger partial charge >= 0.3 is 5.97 Å². The van der Waals surface area contributed by atoms with Gasteiger partial charge in [-0.2, -0.15) is 0 Å². The molecule has 1 rings (SSSR count). The smallest absolute Gasteiger partial charge is 0.339 e. The highest BCUT2D eigenvalue weighted by Crippen LogP contribution is 2.19. The van der Waals surface area contributed by atoms with Crippen molar-refractivity contribution >= 4 is 17.5 Å². The van der Waals surface area contributed by atoms with Gasteiger partial charge in [-0.05, 0) is 26.8 Å². The molecule has 1 aromatic heterocycles. The van der Waals surface area contributed by atoms with E-state index in [9.17, 15) is 4.79 Å². The van der Waals surface area contributed by atoms with Crippen LogP contribution in [0.2, 0.25) is 0 Å². The van der Waals surface area contributed by atoms with E-state index in [1.54, 1.807) is 0 Å². The molecule has 0 aromatic carbocycles. The van der Waals surface area contributed by atoms with E-state index in [1.165, 1.54) is 12.3 Å². The minimum absolute atomic E-state index is 0.0879. The molecule has 0 aliphatic heterocycles. The Morgan fingerprint density at radius 3 is 2.60 bits per heavy atom. The van der Waals surface area contributed by atoms with Gasteiger partial charge in [-0.1, -0.05) is 0 Å². The molecule has 0 amide bonds. The fraction of sp³-hybridized carbons (Fsp3) is 0.400. The fourth-order valence-corrected chi connectivity index (χ4v) is 1.10. The molecule has 0 saturated heterocycles. The number of nitrogen functional groups attached to an aromatic ring is 1. The lowest BCUT2D eigenvalue weighted by Gasteiger charge is -2.22. The summed E-state index contributed by atoms with van der Waals surface area (Å²) < 4.78 is 0. The average molecular weight is 209 g/mol. The summed E-state index contributed by atoms with van der Waals surface area (Å²) in [6.07, 6.45) is 1.43. The second-order valence-corrected chi connectivity index (χ2v) is 4.34. The molecule has 4 N–H and O–H groups in total. The van der Waals surface area contributed by atoms with Crippen molar-refractivity contribution in [2.24, 2.45) is 0 Å². The summed E-state index contributed by atoms with van der Waals surface area (Å²) in [5.74, 6) is -0.703. The number of aromatic nitrogens is 1. The quantitative estimate of drug-likeness (QED) is 0.688. The number of carboxylic acids is 1. The summed E-state index contributed by atoms with van der Waals surface area (Å²) in [5, 5.41) is 12.0. The number of hydrogen-bond acceptors (Lipinski definition) is 4. The van der Waals surface area contributed by atoms with E-state index in [0.29, 0.717) is 11.5 Å². The number of rotatable bonds is 2. The van der Waals surface area contributed by atoms with Crippen molar-refractivity contribution in [3.63, 3.8) is 0 Å². The van der Waals surface area contributed by atoms with E-state index in [4.69, 9.17) is 10.8 Å². The first-order valence-corrected chi connectivity index (χ1v) is 4.56. The van der Waals surface area contributed by atoms with Crippen LogP contribution in [0.25, 0.3) is 0 Å². The summed E-state index contributed by atoms with van der Waals surface area (Å²) in [5.41, 5.74) is 5.66. The molecule has 1 aromatic rings. The maximum Gasteiger partial charge on any atom is 0.339 e. The molecule has 0 spiro atoms. The zero-order valence-corrected chi connectivity index (χ0v) is 9.03. The van der Waals surface area contributed by atoms with Gasteiger partial charge in [0.15, 0.2) is 0 Å². The van der Waals surface area contributed by atoms with Gasteiger partial charge in [0, 0.05) is 5.54 Å². The molecule has 5 heteroatoms. The van der Waals surface area contributed by atoms with E-state index < -0.39 is 5.97 Å². The minimum atomic E-state index is -1.04. The molecule has 0 unspecified atom stereocenters. The Hall–Kier alpha value is -1.78. The number of nitrogens with one attached hydrogen (secondary N) is 1. The lowest BCUT2D eigenvalue weighted by Crippen LogP contribution is -2.28. The van der Waals surface area contributed by atoms with Gasteiger partial charge < -0.3 is 16.2 Å². The molecule has 0 bridgehead atoms. The summed E-state index contributed by atoms with van der Waals surface area (Å²) in [6.45, 7) is 5.78. The number of pyridine rings is 1. The molecule has 0 aliphatic carbocycles. The highest BCUT2D eigenvalue weighted by atomic mass is 16.4. The van der Waals surface area contributed by atoms with Crippen LogP contribution in [0.1, 0.15) is 31.1 Å². The number of hydrogen-bond donors (Lipinski definition) is 3. The first-order chi connectivity index (χ1) is 6.79. The van der Waals surface area contributed by atoms with Crippen LogP contribution >= 0.6 is 0 Å². The first kappa shape index (κ1) is 11.3. The number of nitrogens with two attached hydrogens (primary N) is 1. The Bertz CT molecular complexity index is 383. The van der Waals surface area contributed by atoms with Crippen LogP contribution in [0, 0.1) is 0 Å². The van der Waals surface area contributed by atoms with Gasteiger partial charge in [-0.15, -0.1) is 0 Å². The predicted molar refractivity (Wildman–Crippen MR) is 59.0 cm³/mol. The highest BCUT2D eigenvalue weighted by molar-refractivity contribution is 5.94. The molecular formula is C10H15N3O2. The SMILES string of the molecule is CC(C)(C)Nc1ncc(N)cc1C(=O)O. The lowest BCUT2D eigenvalue weighted by molar-refractivity contribution is 0.0697. The van der Waals surface area contributed by atoms with E-state index in [-0.39, 0.29) is 11.1 Å². The van der Waals surface area contributed by atoms with Crippen LogP contribution in [0.15, 0.2) is 12.3 Å². The number of carbonyl (C=O) groups is 1. The molecule has 0 fully saturated rings. The predicted octanol–water partition coefficient (Wildman–Crippen LogP) is 1.57. The van der Waals surface area contributed by atoms with Gasteiger partial charge in [0.25, 0.3) is 0 Å². The normalized spacial score (nSPS) is 11.1. The van der Waals surface area contributed by atoms with E-state index >= 15 is 0 Å². The van der Waals surface area contributed by atoms with Crippen molar-refractivity contribution in [1.29, 1.82) is 0 Å². The number of aromatic carboxylic acids is 1. The third-order valence-electron chi connectivity index (χ3n) is 1.63. The fourth-order valence-electron chi connectivity index (χ4n) is 1.10. The molecule has 0 radical (unpaired) electrons. The van der Waals surface area contributed by atoms with E-state index in [0.717, 1.165) is 0 Å². The Labute approximate surface area is 88.3 Å². The van der Waals surface area contributed by atoms with Crippen LogP contribution in [0.5, 0.6) is 0 Å². The van der Waals surface area contributed by atoms with E-state index in [2.05, 4.69) is 10.3 Å². The minimum Gasteiger partial charge on any atom is -0.478 e. The second-order valence-electron chi connectivity index (χ2n) is 4.34. The first-order valence-electron chi connectivity index (χ1n) is 4.56. The maximum atomic E-state index is 10.9. The molecule has 0 atom stereocenters. The van der Waals surface area contributed by atoms with Gasteiger partial charge in [-0.3, -0.25) is 0 Å². The van der Waals surface area contributed by atoms with Gasteiger partial charge in [-0.25, -0.2) is 9.78 Å². The van der Waals surface area contributed by atoms with Crippen molar-refractivity contribution < 1.29 is 9.90 Å². The zero-order valence-electron chi connectivity index (χ0n) is 9.03. The third kappa shape index (κ3) is 3.12. The van der Waals surface area contributed by atoms with Crippen LogP contribution in [0.4, 0.5) is 11.5 Å². The molecule has 0 aliphatic rings. The number of carboxylic acid groups (broad SMARTS) is 1. The maximum absolute atomic E-state index is 10.9. The van der Waals surface area contributed by atoms with Crippen molar-refractivity contribution in [2.45, 2.75) is 26.3 Å². The molecule has 0 saturated carbocycles. The molecule has 15 heavy (non-hydrogen) atoms. The lowest BCUT2D eigenvalue weighted by atomic mass is 10.1. The molecule has 82 valence electrons. The van der Waals surface area contributed by atoms with Crippen LogP contribution in [-0.2, 0) is 0 Å². The average Bonchev–Trinajstić information content (AvgIpc) is 2.05. The Balaban J connectivity index is 3.12.